The molecule has 0 aromatic rings. The highest BCUT2D eigenvalue weighted by Gasteiger charge is 2.19. The molecule has 0 rings (SSSR count). The molecule has 0 amide bonds. The summed E-state index contributed by atoms with van der Waals surface area (Å²) in [6.45, 7) is 11.3. The molecule has 0 spiro atoms. The highest BCUT2D eigenvalue weighted by molar-refractivity contribution is 5.71. The zero-order valence-corrected chi connectivity index (χ0v) is 39.0. The molecule has 0 saturated carbocycles. The van der Waals surface area contributed by atoms with E-state index in [-0.39, 0.29) is 31.1 Å². The molecule has 6 heteroatoms. The average molecular weight is 807 g/mol. The van der Waals surface area contributed by atoms with E-state index in [4.69, 9.17) is 14.2 Å². The van der Waals surface area contributed by atoms with Crippen LogP contribution in [-0.4, -0.2) is 37.2 Å². The van der Waals surface area contributed by atoms with Crippen LogP contribution in [0.25, 0.3) is 0 Å². The lowest BCUT2D eigenvalue weighted by Gasteiger charge is -2.18. The fraction of sp³-hybridized carbons (Fsp3) is 0.941. The van der Waals surface area contributed by atoms with Gasteiger partial charge in [-0.3, -0.25) is 14.4 Å². The van der Waals surface area contributed by atoms with E-state index < -0.39 is 6.10 Å². The van der Waals surface area contributed by atoms with Gasteiger partial charge < -0.3 is 14.2 Å². The summed E-state index contributed by atoms with van der Waals surface area (Å²) >= 11 is 0. The molecule has 0 bridgehead atoms. The first-order valence-corrected chi connectivity index (χ1v) is 25.2. The van der Waals surface area contributed by atoms with Crippen LogP contribution in [0.5, 0.6) is 0 Å². The van der Waals surface area contributed by atoms with E-state index >= 15 is 0 Å². The van der Waals surface area contributed by atoms with E-state index in [0.29, 0.717) is 19.3 Å². The van der Waals surface area contributed by atoms with Gasteiger partial charge in [-0.05, 0) is 31.1 Å². The quantitative estimate of drug-likeness (QED) is 0.0346. The molecule has 0 N–H and O–H groups in total. The Labute approximate surface area is 355 Å². The van der Waals surface area contributed by atoms with Crippen molar-refractivity contribution in [2.24, 2.45) is 11.8 Å². The molecule has 0 saturated heterocycles. The highest BCUT2D eigenvalue weighted by Crippen LogP contribution is 2.17. The molecule has 1 atom stereocenters. The molecule has 57 heavy (non-hydrogen) atoms. The van der Waals surface area contributed by atoms with Gasteiger partial charge in [0.15, 0.2) is 6.10 Å². The normalized spacial score (nSPS) is 12.1. The van der Waals surface area contributed by atoms with Crippen molar-refractivity contribution in [1.82, 2.24) is 0 Å². The minimum absolute atomic E-state index is 0.0643. The maximum Gasteiger partial charge on any atom is 0.306 e. The molecule has 0 aliphatic carbocycles. The number of ether oxygens (including phenoxy) is 3. The zero-order chi connectivity index (χ0) is 41.9. The first-order valence-electron chi connectivity index (χ1n) is 25.2. The summed E-state index contributed by atoms with van der Waals surface area (Å²) in [5.74, 6) is 0.822. The Morgan fingerprint density at radius 3 is 0.860 bits per heavy atom. The molecule has 0 aromatic carbocycles. The van der Waals surface area contributed by atoms with Crippen LogP contribution >= 0.6 is 0 Å². The fourth-order valence-electron chi connectivity index (χ4n) is 7.64. The molecular formula is C51H98O6. The maximum absolute atomic E-state index is 12.6. The van der Waals surface area contributed by atoms with E-state index in [9.17, 15) is 14.4 Å². The third-order valence-corrected chi connectivity index (χ3v) is 11.5. The minimum atomic E-state index is -0.760. The lowest BCUT2D eigenvalue weighted by molar-refractivity contribution is -0.167. The fourth-order valence-corrected chi connectivity index (χ4v) is 7.64. The van der Waals surface area contributed by atoms with Gasteiger partial charge >= 0.3 is 17.9 Å². The van der Waals surface area contributed by atoms with Crippen molar-refractivity contribution in [3.05, 3.63) is 0 Å². The number of carbonyl (C=O) groups is 3. The first kappa shape index (κ1) is 55.4. The molecule has 338 valence electrons. The zero-order valence-electron chi connectivity index (χ0n) is 39.0. The van der Waals surface area contributed by atoms with Crippen molar-refractivity contribution in [1.29, 1.82) is 0 Å². The maximum atomic E-state index is 12.6. The summed E-state index contributed by atoms with van der Waals surface area (Å²) in [7, 11) is 0. The molecule has 0 aromatic heterocycles. The van der Waals surface area contributed by atoms with Crippen molar-refractivity contribution in [2.75, 3.05) is 13.2 Å². The molecule has 0 aliphatic rings. The summed E-state index contributed by atoms with van der Waals surface area (Å²) in [5.41, 5.74) is 0. The Balaban J connectivity index is 4.17. The molecule has 6 nitrogen and oxygen atoms in total. The predicted molar refractivity (Wildman–Crippen MR) is 243 cm³/mol. The first-order chi connectivity index (χ1) is 27.7. The summed E-state index contributed by atoms with van der Waals surface area (Å²) in [6, 6.07) is 0. The minimum Gasteiger partial charge on any atom is -0.462 e. The monoisotopic (exact) mass is 807 g/mol. The Morgan fingerprint density at radius 1 is 0.333 bits per heavy atom. The van der Waals surface area contributed by atoms with E-state index in [0.717, 1.165) is 69.6 Å². The lowest BCUT2D eigenvalue weighted by Crippen LogP contribution is -2.30. The van der Waals surface area contributed by atoms with E-state index in [1.807, 2.05) is 0 Å². The van der Waals surface area contributed by atoms with Crippen LogP contribution < -0.4 is 0 Å². The Bertz CT molecular complexity index is 870. The lowest BCUT2D eigenvalue weighted by atomic mass is 10.0. The van der Waals surface area contributed by atoms with Crippen molar-refractivity contribution in [3.63, 3.8) is 0 Å². The predicted octanol–water partition coefficient (Wildman–Crippen LogP) is 16.1. The summed E-state index contributed by atoms with van der Waals surface area (Å²) in [6.07, 6.45) is 43.9. The Hall–Kier alpha value is -1.59. The second kappa shape index (κ2) is 44.0. The molecular weight excluding hydrogens is 709 g/mol. The van der Waals surface area contributed by atoms with Crippen LogP contribution in [0, 0.1) is 11.8 Å². The summed E-state index contributed by atoms with van der Waals surface area (Å²) in [4.78, 5) is 37.7. The van der Waals surface area contributed by atoms with Gasteiger partial charge in [-0.15, -0.1) is 0 Å². The van der Waals surface area contributed by atoms with Gasteiger partial charge in [0.25, 0.3) is 0 Å². The van der Waals surface area contributed by atoms with Crippen molar-refractivity contribution >= 4 is 17.9 Å². The van der Waals surface area contributed by atoms with Crippen molar-refractivity contribution < 1.29 is 28.6 Å². The molecule has 0 unspecified atom stereocenters. The third kappa shape index (κ3) is 45.3. The van der Waals surface area contributed by atoms with Crippen LogP contribution in [0.4, 0.5) is 0 Å². The summed E-state index contributed by atoms with van der Waals surface area (Å²) in [5, 5.41) is 0. The van der Waals surface area contributed by atoms with Crippen LogP contribution in [-0.2, 0) is 28.6 Å². The van der Waals surface area contributed by atoms with Gasteiger partial charge in [0.1, 0.15) is 13.2 Å². The number of rotatable bonds is 45. The standard InChI is InChI=1S/C51H98O6/c1-6-7-8-9-24-33-38-43-51(54)57-48(45-56-50(53)42-37-32-28-23-19-15-14-17-21-26-30-35-40-47(4)5)44-55-49(52)41-36-31-27-22-18-13-11-10-12-16-20-25-29-34-39-46(2)3/h46-48H,6-45H2,1-5H3/t48-/m1/s1. The van der Waals surface area contributed by atoms with E-state index in [1.165, 1.54) is 167 Å². The van der Waals surface area contributed by atoms with Gasteiger partial charge in [-0.1, -0.05) is 240 Å². The number of unbranched alkanes of at least 4 members (excludes halogenated alkanes) is 30. The number of hydrogen-bond donors (Lipinski definition) is 0. The molecule has 0 heterocycles. The molecule has 0 fully saturated rings. The van der Waals surface area contributed by atoms with Crippen LogP contribution in [0.2, 0.25) is 0 Å². The van der Waals surface area contributed by atoms with Gasteiger partial charge in [-0.2, -0.15) is 0 Å². The second-order valence-electron chi connectivity index (χ2n) is 18.4. The number of esters is 3. The summed E-state index contributed by atoms with van der Waals surface area (Å²) < 4.78 is 16.7. The van der Waals surface area contributed by atoms with Gasteiger partial charge in [-0.25, -0.2) is 0 Å². The van der Waals surface area contributed by atoms with Gasteiger partial charge in [0, 0.05) is 19.3 Å². The molecule has 0 radical (unpaired) electrons. The Morgan fingerprint density at radius 2 is 0.579 bits per heavy atom. The Kier molecular flexibility index (Phi) is 42.7. The van der Waals surface area contributed by atoms with Crippen LogP contribution in [0.3, 0.4) is 0 Å². The average Bonchev–Trinajstić information content (AvgIpc) is 3.18. The van der Waals surface area contributed by atoms with E-state index in [1.54, 1.807) is 0 Å². The van der Waals surface area contributed by atoms with Crippen LogP contribution in [0.1, 0.15) is 279 Å². The number of carbonyl (C=O) groups excluding carboxylic acids is 3. The van der Waals surface area contributed by atoms with Crippen molar-refractivity contribution in [2.45, 2.75) is 285 Å². The largest absolute Gasteiger partial charge is 0.462 e. The third-order valence-electron chi connectivity index (χ3n) is 11.5. The van der Waals surface area contributed by atoms with Crippen LogP contribution in [0.15, 0.2) is 0 Å². The van der Waals surface area contributed by atoms with Gasteiger partial charge in [0.05, 0.1) is 0 Å². The molecule has 0 aliphatic heterocycles. The second-order valence-corrected chi connectivity index (χ2v) is 18.4. The van der Waals surface area contributed by atoms with Gasteiger partial charge in [0.2, 0.25) is 0 Å². The SMILES string of the molecule is CCCCCCCCCC(=O)O[C@H](COC(=O)CCCCCCCCCCCCCCCCC(C)C)COC(=O)CCCCCCCCCCCCCCC(C)C. The highest BCUT2D eigenvalue weighted by atomic mass is 16.6. The topological polar surface area (TPSA) is 78.9 Å². The number of hydrogen-bond acceptors (Lipinski definition) is 6. The van der Waals surface area contributed by atoms with Crippen molar-refractivity contribution in [3.8, 4) is 0 Å². The smallest absolute Gasteiger partial charge is 0.306 e. The van der Waals surface area contributed by atoms with E-state index in [2.05, 4.69) is 34.6 Å².